The molecule has 0 saturated heterocycles. The van der Waals surface area contributed by atoms with Crippen molar-refractivity contribution in [1.29, 1.82) is 0 Å². The molecule has 8 nitrogen and oxygen atoms in total. The molecule has 0 aromatic heterocycles. The average Bonchev–Trinajstić information content (AvgIpc) is 2.76. The quantitative estimate of drug-likeness (QED) is 0.259. The summed E-state index contributed by atoms with van der Waals surface area (Å²) >= 11 is 0. The van der Waals surface area contributed by atoms with Crippen LogP contribution in [0.2, 0.25) is 0 Å². The second-order valence-electron chi connectivity index (χ2n) is 9.66. The van der Waals surface area contributed by atoms with Crippen LogP contribution < -0.4 is 5.32 Å². The zero-order valence-corrected chi connectivity index (χ0v) is 24.7. The molecule has 0 saturated carbocycles. The van der Waals surface area contributed by atoms with E-state index < -0.39 is 29.4 Å². The van der Waals surface area contributed by atoms with E-state index in [4.69, 9.17) is 14.2 Å². The molecule has 1 aromatic rings. The number of allylic oxidation sites excluding steroid dienone is 1. The molecule has 37 heavy (non-hydrogen) atoms. The molecule has 0 aliphatic carbocycles. The van der Waals surface area contributed by atoms with E-state index in [0.29, 0.717) is 40.2 Å². The molecule has 204 valence electrons. The molecule has 0 spiro atoms. The number of carbonyl (C=O) groups excluding carboxylic acids is 3. The fourth-order valence-electron chi connectivity index (χ4n) is 4.00. The van der Waals surface area contributed by atoms with Gasteiger partial charge in [-0.1, -0.05) is 24.3 Å². The number of nitrogens with zero attached hydrogens (tertiary/aromatic N) is 1. The lowest BCUT2D eigenvalue weighted by Gasteiger charge is -2.33. The molecule has 0 radical (unpaired) electrons. The van der Waals surface area contributed by atoms with Gasteiger partial charge in [0.1, 0.15) is 5.60 Å². The van der Waals surface area contributed by atoms with Crippen LogP contribution in [0.5, 0.6) is 0 Å². The van der Waals surface area contributed by atoms with E-state index in [9.17, 15) is 14.4 Å². The first kappa shape index (κ1) is 32.1. The first-order valence-electron chi connectivity index (χ1n) is 12.1. The Morgan fingerprint density at radius 3 is 2.11 bits per heavy atom. The molecule has 1 aliphatic heterocycles. The van der Waals surface area contributed by atoms with Crippen LogP contribution in [0.15, 0.2) is 52.9 Å². The van der Waals surface area contributed by atoms with Crippen molar-refractivity contribution >= 4 is 41.0 Å². The van der Waals surface area contributed by atoms with Gasteiger partial charge in [0.15, 0.2) is 0 Å². The normalized spacial score (nSPS) is 15.9. The lowest BCUT2D eigenvalue weighted by molar-refractivity contribution is -0.148. The van der Waals surface area contributed by atoms with E-state index in [1.807, 2.05) is 43.3 Å². The van der Waals surface area contributed by atoms with E-state index in [-0.39, 0.29) is 30.2 Å². The molecular formula is C28H39BrN2O6. The highest BCUT2D eigenvalue weighted by Crippen LogP contribution is 2.41. The van der Waals surface area contributed by atoms with Gasteiger partial charge in [-0.15, -0.1) is 17.0 Å². The molecule has 1 atom stereocenters. The summed E-state index contributed by atoms with van der Waals surface area (Å²) in [4.78, 5) is 40.8. The Labute approximate surface area is 230 Å². The largest absolute Gasteiger partial charge is 0.463 e. The van der Waals surface area contributed by atoms with E-state index in [1.54, 1.807) is 47.6 Å². The zero-order chi connectivity index (χ0) is 27.0. The van der Waals surface area contributed by atoms with Crippen LogP contribution in [-0.2, 0) is 28.6 Å². The third kappa shape index (κ3) is 8.86. The van der Waals surface area contributed by atoms with Gasteiger partial charge >= 0.3 is 17.9 Å². The Hall–Kier alpha value is -2.91. The molecule has 1 heterocycles. The summed E-state index contributed by atoms with van der Waals surface area (Å²) in [6.07, 6.45) is 2.98. The second-order valence-corrected chi connectivity index (χ2v) is 9.66. The number of dihydropyridines is 1. The highest BCUT2D eigenvalue weighted by Gasteiger charge is 2.39. The maximum absolute atomic E-state index is 13.3. The van der Waals surface area contributed by atoms with Gasteiger partial charge in [0.25, 0.3) is 0 Å². The van der Waals surface area contributed by atoms with E-state index in [1.165, 1.54) is 6.08 Å². The Morgan fingerprint density at radius 1 is 1.00 bits per heavy atom. The number of esters is 3. The molecule has 0 amide bonds. The van der Waals surface area contributed by atoms with Crippen molar-refractivity contribution < 1.29 is 28.6 Å². The number of nitrogens with one attached hydrogen (secondary N) is 1. The number of ether oxygens (including phenoxy) is 3. The van der Waals surface area contributed by atoms with E-state index >= 15 is 0 Å². The minimum atomic E-state index is -0.765. The topological polar surface area (TPSA) is 94.2 Å². The number of hydrogen-bond donors (Lipinski definition) is 1. The molecular weight excluding hydrogens is 540 g/mol. The van der Waals surface area contributed by atoms with Crippen LogP contribution in [0, 0.1) is 0 Å². The lowest BCUT2D eigenvalue weighted by Crippen LogP contribution is -2.37. The number of rotatable bonds is 9. The van der Waals surface area contributed by atoms with Crippen LogP contribution >= 0.6 is 17.0 Å². The highest BCUT2D eigenvalue weighted by molar-refractivity contribution is 8.93. The Bertz CT molecular complexity index is 1080. The van der Waals surface area contributed by atoms with E-state index in [2.05, 4.69) is 5.32 Å². The minimum Gasteiger partial charge on any atom is -0.463 e. The van der Waals surface area contributed by atoms with E-state index in [0.717, 1.165) is 0 Å². The van der Waals surface area contributed by atoms with Gasteiger partial charge in [-0.2, -0.15) is 0 Å². The number of carbonyl (C=O) groups is 3. The molecule has 0 fully saturated rings. The van der Waals surface area contributed by atoms with Gasteiger partial charge in [0, 0.05) is 24.0 Å². The highest BCUT2D eigenvalue weighted by atomic mass is 79.9. The molecule has 1 unspecified atom stereocenters. The van der Waals surface area contributed by atoms with Gasteiger partial charge < -0.3 is 24.4 Å². The van der Waals surface area contributed by atoms with Crippen LogP contribution in [-0.4, -0.2) is 62.3 Å². The Kier molecular flexibility index (Phi) is 12.3. The maximum atomic E-state index is 13.3. The fourth-order valence-corrected chi connectivity index (χ4v) is 4.00. The van der Waals surface area contributed by atoms with Crippen molar-refractivity contribution in [1.82, 2.24) is 10.2 Å². The Morgan fingerprint density at radius 2 is 1.57 bits per heavy atom. The SMILES string of the molecule is Br.CCOC(=O)C1=C(C)NC(CN(C)C)=C(C(=O)OCC)C1c1ccccc1C=CC(=O)OC(C)(C)C. The van der Waals surface area contributed by atoms with Gasteiger partial charge in [-0.25, -0.2) is 14.4 Å². The van der Waals surface area contributed by atoms with Crippen LogP contribution in [0.4, 0.5) is 0 Å². The van der Waals surface area contributed by atoms with Crippen molar-refractivity contribution in [3.8, 4) is 0 Å². The molecule has 2 rings (SSSR count). The number of hydrogen-bond acceptors (Lipinski definition) is 8. The van der Waals surface area contributed by atoms with Crippen molar-refractivity contribution in [3.05, 3.63) is 64.0 Å². The van der Waals surface area contributed by atoms with Gasteiger partial charge in [0.05, 0.1) is 30.3 Å². The smallest absolute Gasteiger partial charge is 0.336 e. The van der Waals surface area contributed by atoms with Crippen LogP contribution in [0.3, 0.4) is 0 Å². The maximum Gasteiger partial charge on any atom is 0.336 e. The predicted octanol–water partition coefficient (Wildman–Crippen LogP) is 4.52. The van der Waals surface area contributed by atoms with Crippen molar-refractivity contribution in [3.63, 3.8) is 0 Å². The van der Waals surface area contributed by atoms with Crippen molar-refractivity contribution in [2.45, 2.75) is 53.1 Å². The van der Waals surface area contributed by atoms with Crippen molar-refractivity contribution in [2.75, 3.05) is 33.9 Å². The summed E-state index contributed by atoms with van der Waals surface area (Å²) in [5.74, 6) is -2.30. The summed E-state index contributed by atoms with van der Waals surface area (Å²) in [7, 11) is 3.79. The third-order valence-corrected chi connectivity index (χ3v) is 5.22. The summed E-state index contributed by atoms with van der Waals surface area (Å²) in [5, 5.41) is 3.25. The van der Waals surface area contributed by atoms with Crippen LogP contribution in [0.25, 0.3) is 6.08 Å². The average molecular weight is 580 g/mol. The third-order valence-electron chi connectivity index (χ3n) is 5.22. The molecule has 1 aliphatic rings. The summed E-state index contributed by atoms with van der Waals surface area (Å²) in [6, 6.07) is 7.32. The summed E-state index contributed by atoms with van der Waals surface area (Å²) in [5.41, 5.74) is 2.58. The first-order valence-corrected chi connectivity index (χ1v) is 12.1. The van der Waals surface area contributed by atoms with Gasteiger partial charge in [-0.05, 0) is 72.8 Å². The molecule has 1 N–H and O–H groups in total. The van der Waals surface area contributed by atoms with Gasteiger partial charge in [-0.3, -0.25) is 0 Å². The zero-order valence-electron chi connectivity index (χ0n) is 23.0. The molecule has 9 heteroatoms. The number of benzene rings is 1. The number of halogens is 1. The lowest BCUT2D eigenvalue weighted by atomic mass is 9.78. The first-order chi connectivity index (χ1) is 16.9. The Balaban J connectivity index is 0.00000684. The predicted molar refractivity (Wildman–Crippen MR) is 149 cm³/mol. The fraction of sp³-hybridized carbons (Fsp3) is 0.464. The number of likely N-dealkylation sites (N-methyl/N-ethyl adjacent to an activating group) is 1. The standard InChI is InChI=1S/C28H38N2O6.BrH/c1-9-34-26(32)23-18(3)29-21(17-30(7)8)25(27(33)35-10-2)24(23)20-14-12-11-13-19(20)15-16-22(31)36-28(4,5)6;/h11-16,24,29H,9-10,17H2,1-8H3;1H. The second kappa shape index (κ2) is 14.1. The van der Waals surface area contributed by atoms with Crippen LogP contribution in [0.1, 0.15) is 58.6 Å². The monoisotopic (exact) mass is 578 g/mol. The molecule has 1 aromatic carbocycles. The summed E-state index contributed by atoms with van der Waals surface area (Å²) < 4.78 is 16.2. The van der Waals surface area contributed by atoms with Crippen molar-refractivity contribution in [2.24, 2.45) is 0 Å². The summed E-state index contributed by atoms with van der Waals surface area (Å²) in [6.45, 7) is 11.4. The minimum absolute atomic E-state index is 0. The van der Waals surface area contributed by atoms with Gasteiger partial charge in [0.2, 0.25) is 0 Å². The molecule has 0 bridgehead atoms.